The van der Waals surface area contributed by atoms with Gasteiger partial charge in [0.25, 0.3) is 0 Å². The molecule has 1 aliphatic heterocycles. The lowest BCUT2D eigenvalue weighted by Gasteiger charge is -2.21. The fourth-order valence-corrected chi connectivity index (χ4v) is 2.64. The molecule has 0 radical (unpaired) electrons. The van der Waals surface area contributed by atoms with E-state index < -0.39 is 0 Å². The fourth-order valence-electron chi connectivity index (χ4n) is 2.64. The van der Waals surface area contributed by atoms with Gasteiger partial charge in [0, 0.05) is 18.4 Å². The van der Waals surface area contributed by atoms with E-state index in [1.165, 1.54) is 19.3 Å². The van der Waals surface area contributed by atoms with Crippen LogP contribution in [0.2, 0.25) is 0 Å². The van der Waals surface area contributed by atoms with Crippen LogP contribution in [0.1, 0.15) is 32.6 Å². The third kappa shape index (κ3) is 1.42. The molecule has 1 saturated heterocycles. The van der Waals surface area contributed by atoms with E-state index in [-0.39, 0.29) is 11.7 Å². The number of hydrogen-bond acceptors (Lipinski definition) is 2. The molecule has 2 nitrogen and oxygen atoms in total. The molecule has 13 heavy (non-hydrogen) atoms. The molecule has 0 aromatic carbocycles. The van der Waals surface area contributed by atoms with Gasteiger partial charge in [-0.15, -0.1) is 6.58 Å². The molecule has 3 atom stereocenters. The summed E-state index contributed by atoms with van der Waals surface area (Å²) in [7, 11) is 0. The first kappa shape index (κ1) is 9.22. The minimum Gasteiger partial charge on any atom is -0.353 e. The van der Waals surface area contributed by atoms with Crippen molar-refractivity contribution in [1.29, 1.82) is 0 Å². The summed E-state index contributed by atoms with van der Waals surface area (Å²) in [5, 5.41) is 0. The molecule has 0 N–H and O–H groups in total. The molecule has 2 aliphatic rings. The third-order valence-corrected chi connectivity index (χ3v) is 3.37. The Labute approximate surface area is 79.9 Å². The Balaban J connectivity index is 2.04. The molecule has 1 saturated carbocycles. The molecule has 2 heteroatoms. The molecule has 2 rings (SSSR count). The van der Waals surface area contributed by atoms with Crippen LogP contribution in [0.25, 0.3) is 0 Å². The van der Waals surface area contributed by atoms with Gasteiger partial charge in [0.15, 0.2) is 6.29 Å². The topological polar surface area (TPSA) is 18.5 Å². The molecule has 2 fully saturated rings. The number of hydrogen-bond donors (Lipinski definition) is 0. The van der Waals surface area contributed by atoms with Crippen molar-refractivity contribution in [3.8, 4) is 0 Å². The summed E-state index contributed by atoms with van der Waals surface area (Å²) in [4.78, 5) is 0. The standard InChI is InChI=1S/C11H18O2/c1-3-11-7-5-6-9(11)13-10(8-11)12-4-2/h3,9-10H,1,4-8H2,2H3/t9-,10?,11-/m1/s1. The van der Waals surface area contributed by atoms with Gasteiger partial charge in [-0.05, 0) is 26.2 Å². The van der Waals surface area contributed by atoms with E-state index in [9.17, 15) is 0 Å². The maximum atomic E-state index is 5.83. The van der Waals surface area contributed by atoms with Gasteiger partial charge in [-0.2, -0.15) is 0 Å². The van der Waals surface area contributed by atoms with Crippen LogP contribution in [-0.4, -0.2) is 19.0 Å². The maximum absolute atomic E-state index is 5.83. The van der Waals surface area contributed by atoms with Crippen LogP contribution in [0.3, 0.4) is 0 Å². The van der Waals surface area contributed by atoms with Crippen molar-refractivity contribution in [1.82, 2.24) is 0 Å². The largest absolute Gasteiger partial charge is 0.353 e. The second-order valence-corrected chi connectivity index (χ2v) is 4.04. The van der Waals surface area contributed by atoms with E-state index in [0.29, 0.717) is 6.10 Å². The van der Waals surface area contributed by atoms with Crippen molar-refractivity contribution in [2.24, 2.45) is 5.41 Å². The van der Waals surface area contributed by atoms with E-state index in [4.69, 9.17) is 9.47 Å². The van der Waals surface area contributed by atoms with Crippen LogP contribution in [-0.2, 0) is 9.47 Å². The molecule has 1 unspecified atom stereocenters. The highest BCUT2D eigenvalue weighted by molar-refractivity contribution is 5.07. The molecule has 1 aliphatic carbocycles. The molecule has 74 valence electrons. The summed E-state index contributed by atoms with van der Waals surface area (Å²) in [6, 6.07) is 0. The Morgan fingerprint density at radius 1 is 1.69 bits per heavy atom. The highest BCUT2D eigenvalue weighted by Gasteiger charge is 2.49. The van der Waals surface area contributed by atoms with Gasteiger partial charge in [-0.3, -0.25) is 0 Å². The Kier molecular flexibility index (Phi) is 2.43. The zero-order chi connectivity index (χ0) is 9.31. The Bertz CT molecular complexity index is 202. The van der Waals surface area contributed by atoms with Gasteiger partial charge in [0.2, 0.25) is 0 Å². The van der Waals surface area contributed by atoms with Crippen LogP contribution in [0.4, 0.5) is 0 Å². The van der Waals surface area contributed by atoms with Gasteiger partial charge < -0.3 is 9.47 Å². The van der Waals surface area contributed by atoms with E-state index >= 15 is 0 Å². The first-order valence-electron chi connectivity index (χ1n) is 5.21. The predicted octanol–water partition coefficient (Wildman–Crippen LogP) is 2.49. The number of rotatable bonds is 3. The predicted molar refractivity (Wildman–Crippen MR) is 51.4 cm³/mol. The first-order chi connectivity index (χ1) is 6.30. The van der Waals surface area contributed by atoms with Crippen LogP contribution in [0.5, 0.6) is 0 Å². The van der Waals surface area contributed by atoms with Crippen molar-refractivity contribution in [2.45, 2.75) is 45.0 Å². The van der Waals surface area contributed by atoms with Gasteiger partial charge in [0.1, 0.15) is 0 Å². The lowest BCUT2D eigenvalue weighted by Crippen LogP contribution is -2.21. The van der Waals surface area contributed by atoms with Crippen molar-refractivity contribution in [3.05, 3.63) is 12.7 Å². The van der Waals surface area contributed by atoms with Crippen LogP contribution < -0.4 is 0 Å². The van der Waals surface area contributed by atoms with Gasteiger partial charge >= 0.3 is 0 Å². The highest BCUT2D eigenvalue weighted by atomic mass is 16.7. The van der Waals surface area contributed by atoms with Crippen LogP contribution in [0.15, 0.2) is 12.7 Å². The summed E-state index contributed by atoms with van der Waals surface area (Å²) < 4.78 is 11.3. The fraction of sp³-hybridized carbons (Fsp3) is 0.818. The monoisotopic (exact) mass is 182 g/mol. The minimum atomic E-state index is 0.0216. The molecule has 0 aromatic heterocycles. The van der Waals surface area contributed by atoms with Crippen LogP contribution in [0, 0.1) is 5.41 Å². The van der Waals surface area contributed by atoms with E-state index in [0.717, 1.165) is 13.0 Å². The summed E-state index contributed by atoms with van der Waals surface area (Å²) in [6.45, 7) is 6.69. The molecular weight excluding hydrogens is 164 g/mol. The third-order valence-electron chi connectivity index (χ3n) is 3.37. The molecular formula is C11H18O2. The van der Waals surface area contributed by atoms with Crippen molar-refractivity contribution in [2.75, 3.05) is 6.61 Å². The molecule has 0 spiro atoms. The first-order valence-corrected chi connectivity index (χ1v) is 5.21. The number of fused-ring (bicyclic) bond motifs is 1. The van der Waals surface area contributed by atoms with Crippen LogP contribution >= 0.6 is 0 Å². The molecule has 1 heterocycles. The van der Waals surface area contributed by atoms with Gasteiger partial charge in [0.05, 0.1) is 6.10 Å². The summed E-state index contributed by atoms with van der Waals surface area (Å²) >= 11 is 0. The van der Waals surface area contributed by atoms with E-state index in [1.807, 2.05) is 6.92 Å². The average Bonchev–Trinajstić information content (AvgIpc) is 2.61. The van der Waals surface area contributed by atoms with Crippen molar-refractivity contribution in [3.63, 3.8) is 0 Å². The van der Waals surface area contributed by atoms with Crippen molar-refractivity contribution >= 4 is 0 Å². The maximum Gasteiger partial charge on any atom is 0.158 e. The summed E-state index contributed by atoms with van der Waals surface area (Å²) in [5.41, 5.74) is 0.236. The zero-order valence-corrected chi connectivity index (χ0v) is 8.29. The smallest absolute Gasteiger partial charge is 0.158 e. The molecule has 0 bridgehead atoms. The summed E-state index contributed by atoms with van der Waals surface area (Å²) in [5.74, 6) is 0. The number of ether oxygens (including phenoxy) is 2. The Morgan fingerprint density at radius 2 is 2.54 bits per heavy atom. The van der Waals surface area contributed by atoms with E-state index in [1.54, 1.807) is 0 Å². The van der Waals surface area contributed by atoms with Crippen molar-refractivity contribution < 1.29 is 9.47 Å². The molecule has 0 aromatic rings. The zero-order valence-electron chi connectivity index (χ0n) is 8.29. The summed E-state index contributed by atoms with van der Waals surface area (Å²) in [6.07, 6.45) is 7.17. The molecule has 0 amide bonds. The second kappa shape index (κ2) is 3.43. The lowest BCUT2D eigenvalue weighted by molar-refractivity contribution is -0.130. The average molecular weight is 182 g/mol. The van der Waals surface area contributed by atoms with E-state index in [2.05, 4.69) is 12.7 Å². The van der Waals surface area contributed by atoms with Gasteiger partial charge in [-0.1, -0.05) is 6.08 Å². The van der Waals surface area contributed by atoms with Gasteiger partial charge in [-0.25, -0.2) is 0 Å². The highest BCUT2D eigenvalue weighted by Crippen LogP contribution is 2.50. The second-order valence-electron chi connectivity index (χ2n) is 4.04. The quantitative estimate of drug-likeness (QED) is 0.624. The SMILES string of the molecule is C=C[C@]12CCC[C@H]1OC(OCC)C2. The normalized spacial score (nSPS) is 43.5. The lowest BCUT2D eigenvalue weighted by atomic mass is 9.83. The minimum absolute atomic E-state index is 0.0216. The Morgan fingerprint density at radius 3 is 3.15 bits per heavy atom. The Hall–Kier alpha value is -0.340.